The topological polar surface area (TPSA) is 6.48 Å². The van der Waals surface area contributed by atoms with E-state index in [1.807, 2.05) is 0 Å². The average Bonchev–Trinajstić information content (AvgIpc) is 2.83. The lowest BCUT2D eigenvalue weighted by Gasteiger charge is -2.32. The Labute approximate surface area is 88.3 Å². The van der Waals surface area contributed by atoms with E-state index in [0.717, 1.165) is 12.1 Å². The van der Waals surface area contributed by atoms with Crippen LogP contribution < -0.4 is 0 Å². The molecular formula is C12H24N2. The molecule has 1 heterocycles. The average molecular weight is 196 g/mol. The summed E-state index contributed by atoms with van der Waals surface area (Å²) in [5, 5.41) is 0. The third-order valence-electron chi connectivity index (χ3n) is 3.52. The zero-order valence-electron chi connectivity index (χ0n) is 9.71. The van der Waals surface area contributed by atoms with Crippen LogP contribution >= 0.6 is 0 Å². The Kier molecular flexibility index (Phi) is 3.45. The summed E-state index contributed by atoms with van der Waals surface area (Å²) in [7, 11) is 0. The fourth-order valence-electron chi connectivity index (χ4n) is 2.35. The van der Waals surface area contributed by atoms with Crippen molar-refractivity contribution in [3.63, 3.8) is 0 Å². The smallest absolute Gasteiger partial charge is 0.00991 e. The number of nitrogens with zero attached hydrogens (tertiary/aromatic N) is 2. The highest BCUT2D eigenvalue weighted by Gasteiger charge is 2.30. The Hall–Kier alpha value is -0.0800. The Morgan fingerprint density at radius 1 is 1.29 bits per heavy atom. The first kappa shape index (κ1) is 10.4. The maximum Gasteiger partial charge on any atom is 0.00991 e. The molecule has 0 aromatic rings. The molecule has 0 amide bonds. The molecule has 2 nitrogen and oxygen atoms in total. The van der Waals surface area contributed by atoms with Gasteiger partial charge < -0.3 is 4.90 Å². The third-order valence-corrected chi connectivity index (χ3v) is 3.52. The summed E-state index contributed by atoms with van der Waals surface area (Å²) in [5.41, 5.74) is 0. The van der Waals surface area contributed by atoms with Crippen LogP contribution in [0.5, 0.6) is 0 Å². The molecule has 14 heavy (non-hydrogen) atoms. The summed E-state index contributed by atoms with van der Waals surface area (Å²) in [4.78, 5) is 5.27. The molecule has 2 heteroatoms. The van der Waals surface area contributed by atoms with Gasteiger partial charge in [-0.25, -0.2) is 0 Å². The lowest BCUT2D eigenvalue weighted by atomic mass is 10.2. The van der Waals surface area contributed by atoms with Gasteiger partial charge in [0, 0.05) is 12.1 Å². The Balaban J connectivity index is 1.61. The van der Waals surface area contributed by atoms with Gasteiger partial charge in [0.2, 0.25) is 0 Å². The van der Waals surface area contributed by atoms with Crippen LogP contribution in [0.4, 0.5) is 0 Å². The van der Waals surface area contributed by atoms with Gasteiger partial charge in [-0.05, 0) is 65.7 Å². The van der Waals surface area contributed by atoms with Crippen molar-refractivity contribution in [1.82, 2.24) is 9.80 Å². The minimum Gasteiger partial charge on any atom is -0.303 e. The van der Waals surface area contributed by atoms with Crippen LogP contribution in [-0.4, -0.2) is 48.1 Å². The van der Waals surface area contributed by atoms with Crippen LogP contribution in [0, 0.1) is 0 Å². The van der Waals surface area contributed by atoms with E-state index in [1.54, 1.807) is 0 Å². The third kappa shape index (κ3) is 2.71. The van der Waals surface area contributed by atoms with Crippen LogP contribution in [0.3, 0.4) is 0 Å². The molecule has 82 valence electrons. The maximum absolute atomic E-state index is 2.69. The minimum atomic E-state index is 0.749. The van der Waals surface area contributed by atoms with Crippen molar-refractivity contribution < 1.29 is 0 Å². The summed E-state index contributed by atoms with van der Waals surface area (Å²) in [5.74, 6) is 0. The number of likely N-dealkylation sites (tertiary alicyclic amines) is 1. The van der Waals surface area contributed by atoms with E-state index >= 15 is 0 Å². The lowest BCUT2D eigenvalue weighted by Crippen LogP contribution is -2.40. The van der Waals surface area contributed by atoms with E-state index < -0.39 is 0 Å². The molecule has 0 spiro atoms. The van der Waals surface area contributed by atoms with Crippen molar-refractivity contribution in [2.75, 3.05) is 26.2 Å². The molecule has 1 saturated carbocycles. The summed E-state index contributed by atoms with van der Waals surface area (Å²) in [6, 6.07) is 1.69. The highest BCUT2D eigenvalue weighted by molar-refractivity contribution is 4.86. The van der Waals surface area contributed by atoms with Crippen molar-refractivity contribution in [3.8, 4) is 0 Å². The molecule has 0 aromatic heterocycles. The normalized spacial score (nSPS) is 23.1. The van der Waals surface area contributed by atoms with Crippen molar-refractivity contribution in [1.29, 1.82) is 0 Å². The summed E-state index contributed by atoms with van der Waals surface area (Å²) in [6.07, 6.45) is 5.69. The zero-order valence-corrected chi connectivity index (χ0v) is 9.71. The zero-order chi connectivity index (χ0) is 9.97. The molecular weight excluding hydrogens is 172 g/mol. The Morgan fingerprint density at radius 3 is 2.43 bits per heavy atom. The molecule has 2 fully saturated rings. The number of rotatable bonds is 6. The van der Waals surface area contributed by atoms with E-state index in [1.165, 1.54) is 51.9 Å². The minimum absolute atomic E-state index is 0.749. The molecule has 1 aliphatic heterocycles. The van der Waals surface area contributed by atoms with Crippen LogP contribution in [0.25, 0.3) is 0 Å². The van der Waals surface area contributed by atoms with Gasteiger partial charge >= 0.3 is 0 Å². The molecule has 0 aromatic carbocycles. The SMILES string of the molecule is CC(C)N(CCCN1CCC1)C1CC1. The quantitative estimate of drug-likeness (QED) is 0.641. The molecule has 2 rings (SSSR count). The van der Waals surface area contributed by atoms with Gasteiger partial charge in [-0.3, -0.25) is 4.90 Å². The van der Waals surface area contributed by atoms with Gasteiger partial charge in [0.15, 0.2) is 0 Å². The highest BCUT2D eigenvalue weighted by Crippen LogP contribution is 2.28. The van der Waals surface area contributed by atoms with E-state index in [0.29, 0.717) is 0 Å². The van der Waals surface area contributed by atoms with Crippen LogP contribution in [-0.2, 0) is 0 Å². The molecule has 1 aliphatic carbocycles. The Morgan fingerprint density at radius 2 is 2.00 bits per heavy atom. The number of hydrogen-bond donors (Lipinski definition) is 0. The van der Waals surface area contributed by atoms with Gasteiger partial charge in [0.25, 0.3) is 0 Å². The van der Waals surface area contributed by atoms with Crippen molar-refractivity contribution >= 4 is 0 Å². The predicted molar refractivity (Wildman–Crippen MR) is 60.5 cm³/mol. The van der Waals surface area contributed by atoms with E-state index in [-0.39, 0.29) is 0 Å². The molecule has 0 N–H and O–H groups in total. The summed E-state index contributed by atoms with van der Waals surface area (Å²) < 4.78 is 0. The van der Waals surface area contributed by atoms with Crippen LogP contribution in [0.15, 0.2) is 0 Å². The Bertz CT molecular complexity index is 169. The summed E-state index contributed by atoms with van der Waals surface area (Å²) >= 11 is 0. The fraction of sp³-hybridized carbons (Fsp3) is 1.00. The molecule has 1 saturated heterocycles. The second-order valence-corrected chi connectivity index (χ2v) is 5.11. The molecule has 0 bridgehead atoms. The molecule has 2 aliphatic rings. The first-order chi connectivity index (χ1) is 6.77. The fourth-order valence-corrected chi connectivity index (χ4v) is 2.35. The largest absolute Gasteiger partial charge is 0.303 e. The van der Waals surface area contributed by atoms with E-state index in [2.05, 4.69) is 23.6 Å². The van der Waals surface area contributed by atoms with E-state index in [9.17, 15) is 0 Å². The highest BCUT2D eigenvalue weighted by atomic mass is 15.2. The first-order valence-electron chi connectivity index (χ1n) is 6.25. The monoisotopic (exact) mass is 196 g/mol. The van der Waals surface area contributed by atoms with Crippen LogP contribution in [0.1, 0.15) is 39.5 Å². The predicted octanol–water partition coefficient (Wildman–Crippen LogP) is 1.96. The van der Waals surface area contributed by atoms with Gasteiger partial charge in [0.1, 0.15) is 0 Å². The molecule has 0 atom stereocenters. The van der Waals surface area contributed by atoms with E-state index in [4.69, 9.17) is 0 Å². The second-order valence-electron chi connectivity index (χ2n) is 5.11. The van der Waals surface area contributed by atoms with Crippen molar-refractivity contribution in [3.05, 3.63) is 0 Å². The standard InChI is InChI=1S/C12H24N2/c1-11(2)14(12-5-6-12)10-4-9-13-7-3-8-13/h11-12H,3-10H2,1-2H3. The summed E-state index contributed by atoms with van der Waals surface area (Å²) in [6.45, 7) is 10.0. The van der Waals surface area contributed by atoms with Crippen LogP contribution in [0.2, 0.25) is 0 Å². The van der Waals surface area contributed by atoms with Crippen molar-refractivity contribution in [2.24, 2.45) is 0 Å². The van der Waals surface area contributed by atoms with Gasteiger partial charge in [0.05, 0.1) is 0 Å². The molecule has 0 radical (unpaired) electrons. The molecule has 0 unspecified atom stereocenters. The second kappa shape index (κ2) is 4.63. The van der Waals surface area contributed by atoms with Crippen molar-refractivity contribution in [2.45, 2.75) is 51.6 Å². The lowest BCUT2D eigenvalue weighted by molar-refractivity contribution is 0.152. The maximum atomic E-state index is 2.69. The van der Waals surface area contributed by atoms with Gasteiger partial charge in [-0.1, -0.05) is 0 Å². The van der Waals surface area contributed by atoms with Gasteiger partial charge in [-0.2, -0.15) is 0 Å². The number of hydrogen-bond acceptors (Lipinski definition) is 2. The van der Waals surface area contributed by atoms with Gasteiger partial charge in [-0.15, -0.1) is 0 Å². The first-order valence-corrected chi connectivity index (χ1v) is 6.25.